The van der Waals surface area contributed by atoms with E-state index in [1.165, 1.54) is 0 Å². The number of nitrogens with zero attached hydrogens (tertiary/aromatic N) is 4. The van der Waals surface area contributed by atoms with Gasteiger partial charge in [0.1, 0.15) is 11.9 Å². The van der Waals surface area contributed by atoms with Gasteiger partial charge in [0.2, 0.25) is 0 Å². The number of amides is 1. The number of carbonyl (C=O) groups is 1. The fraction of sp³-hybridized carbons (Fsp3) is 0.458. The molecule has 0 aliphatic carbocycles. The number of anilines is 1. The van der Waals surface area contributed by atoms with Gasteiger partial charge in [-0.3, -0.25) is 4.79 Å². The van der Waals surface area contributed by atoms with Crippen molar-refractivity contribution in [2.45, 2.75) is 45.8 Å². The van der Waals surface area contributed by atoms with Crippen molar-refractivity contribution in [1.29, 1.82) is 5.26 Å². The molecule has 0 N–H and O–H groups in total. The Balaban J connectivity index is 1.58. The minimum Gasteiger partial charge on any atom is -0.370 e. The minimum atomic E-state index is -0.300. The summed E-state index contributed by atoms with van der Waals surface area (Å²) in [6.45, 7) is 9.15. The maximum absolute atomic E-state index is 12.8. The quantitative estimate of drug-likeness (QED) is 0.724. The number of ether oxygens (including phenoxy) is 1. The molecule has 0 atom stereocenters. The van der Waals surface area contributed by atoms with Crippen molar-refractivity contribution in [2.24, 2.45) is 0 Å². The summed E-state index contributed by atoms with van der Waals surface area (Å²) in [5.41, 5.74) is 4.13. The van der Waals surface area contributed by atoms with E-state index in [4.69, 9.17) is 21.3 Å². The number of aromatic nitrogens is 1. The summed E-state index contributed by atoms with van der Waals surface area (Å²) in [6, 6.07) is 9.41. The van der Waals surface area contributed by atoms with Crippen molar-refractivity contribution >= 4 is 23.3 Å². The van der Waals surface area contributed by atoms with Crippen molar-refractivity contribution < 1.29 is 9.53 Å². The molecule has 0 bridgehead atoms. The molecule has 4 rings (SSSR count). The third-order valence-corrected chi connectivity index (χ3v) is 6.34. The smallest absolute Gasteiger partial charge is 0.253 e. The Morgan fingerprint density at radius 2 is 1.87 bits per heavy atom. The normalized spacial score (nSPS) is 17.8. The molecule has 3 heterocycles. The summed E-state index contributed by atoms with van der Waals surface area (Å²) >= 11 is 5.94. The van der Waals surface area contributed by atoms with Crippen molar-refractivity contribution in [3.05, 3.63) is 57.2 Å². The number of piperazine rings is 1. The third-order valence-electron chi connectivity index (χ3n) is 6.09. The first-order chi connectivity index (χ1) is 14.8. The Kier molecular flexibility index (Phi) is 5.92. The van der Waals surface area contributed by atoms with Crippen molar-refractivity contribution in [3.8, 4) is 6.07 Å². The van der Waals surface area contributed by atoms with Crippen LogP contribution < -0.4 is 4.90 Å². The molecule has 1 saturated heterocycles. The number of pyridine rings is 1. The number of nitriles is 1. The summed E-state index contributed by atoms with van der Waals surface area (Å²) in [6.07, 6.45) is 1.49. The molecular weight excluding hydrogens is 412 g/mol. The SMILES string of the molecule is CCc1nc(N2CCN(C(=O)c3ccc(Cl)cc3)CC2)c(C#N)c2c1COC(C)(C)C2. The third kappa shape index (κ3) is 4.26. The molecule has 1 aromatic heterocycles. The highest BCUT2D eigenvalue weighted by Gasteiger charge is 2.33. The Morgan fingerprint density at radius 3 is 2.48 bits per heavy atom. The van der Waals surface area contributed by atoms with Crippen LogP contribution in [-0.4, -0.2) is 47.6 Å². The molecule has 2 aliphatic rings. The lowest BCUT2D eigenvalue weighted by Gasteiger charge is -2.38. The summed E-state index contributed by atoms with van der Waals surface area (Å²) < 4.78 is 5.99. The molecule has 1 amide bonds. The summed E-state index contributed by atoms with van der Waals surface area (Å²) in [5.74, 6) is 0.748. The molecule has 6 nitrogen and oxygen atoms in total. The van der Waals surface area contributed by atoms with Gasteiger partial charge in [-0.05, 0) is 50.1 Å². The number of benzene rings is 1. The van der Waals surface area contributed by atoms with Crippen molar-refractivity contribution in [3.63, 3.8) is 0 Å². The maximum atomic E-state index is 12.8. The molecule has 1 aromatic carbocycles. The first-order valence-electron chi connectivity index (χ1n) is 10.7. The molecule has 2 aromatic rings. The largest absolute Gasteiger partial charge is 0.370 e. The maximum Gasteiger partial charge on any atom is 0.253 e. The van der Waals surface area contributed by atoms with Crippen LogP contribution in [0, 0.1) is 11.3 Å². The monoisotopic (exact) mass is 438 g/mol. The van der Waals surface area contributed by atoms with Crippen LogP contribution in [0.25, 0.3) is 0 Å². The average Bonchev–Trinajstić information content (AvgIpc) is 2.77. The zero-order valence-electron chi connectivity index (χ0n) is 18.2. The molecule has 0 unspecified atom stereocenters. The fourth-order valence-electron chi connectivity index (χ4n) is 4.36. The van der Waals surface area contributed by atoms with E-state index >= 15 is 0 Å². The van der Waals surface area contributed by atoms with Crippen LogP contribution in [0.15, 0.2) is 24.3 Å². The van der Waals surface area contributed by atoms with E-state index in [1.807, 2.05) is 4.90 Å². The second-order valence-corrected chi connectivity index (χ2v) is 9.13. The van der Waals surface area contributed by atoms with Gasteiger partial charge in [0.15, 0.2) is 0 Å². The van der Waals surface area contributed by atoms with E-state index in [-0.39, 0.29) is 11.5 Å². The van der Waals surface area contributed by atoms with E-state index in [0.29, 0.717) is 55.4 Å². The Morgan fingerprint density at radius 1 is 1.19 bits per heavy atom. The van der Waals surface area contributed by atoms with Crippen molar-refractivity contribution in [2.75, 3.05) is 31.1 Å². The van der Waals surface area contributed by atoms with Crippen molar-refractivity contribution in [1.82, 2.24) is 9.88 Å². The van der Waals surface area contributed by atoms with Gasteiger partial charge in [-0.2, -0.15) is 5.26 Å². The predicted molar refractivity (Wildman–Crippen MR) is 120 cm³/mol. The average molecular weight is 439 g/mol. The molecule has 1 fully saturated rings. The molecule has 0 spiro atoms. The first-order valence-corrected chi connectivity index (χ1v) is 11.1. The summed E-state index contributed by atoms with van der Waals surface area (Å²) in [4.78, 5) is 21.7. The second kappa shape index (κ2) is 8.49. The Labute approximate surface area is 188 Å². The fourth-order valence-corrected chi connectivity index (χ4v) is 4.48. The number of carbonyl (C=O) groups excluding carboxylic acids is 1. The van der Waals surface area contributed by atoms with Crippen LogP contribution in [0.1, 0.15) is 53.5 Å². The molecule has 0 saturated carbocycles. The zero-order chi connectivity index (χ0) is 22.2. The van der Waals surface area contributed by atoms with E-state index in [0.717, 1.165) is 29.1 Å². The zero-order valence-corrected chi connectivity index (χ0v) is 19.0. The van der Waals surface area contributed by atoms with Gasteiger partial charge in [-0.1, -0.05) is 18.5 Å². The van der Waals surface area contributed by atoms with Gasteiger partial charge in [0.25, 0.3) is 5.91 Å². The highest BCUT2D eigenvalue weighted by molar-refractivity contribution is 6.30. The van der Waals surface area contributed by atoms with Gasteiger partial charge in [-0.25, -0.2) is 4.98 Å². The van der Waals surface area contributed by atoms with E-state index in [1.54, 1.807) is 24.3 Å². The lowest BCUT2D eigenvalue weighted by atomic mass is 9.87. The van der Waals surface area contributed by atoms with E-state index in [9.17, 15) is 10.1 Å². The molecule has 2 aliphatic heterocycles. The first kappa shape index (κ1) is 21.6. The second-order valence-electron chi connectivity index (χ2n) is 8.69. The number of halogens is 1. The topological polar surface area (TPSA) is 69.5 Å². The van der Waals surface area contributed by atoms with Crippen LogP contribution >= 0.6 is 11.6 Å². The van der Waals surface area contributed by atoms with E-state index in [2.05, 4.69) is 31.7 Å². The number of hydrogen-bond acceptors (Lipinski definition) is 5. The van der Waals surface area contributed by atoms with E-state index < -0.39 is 0 Å². The highest BCUT2D eigenvalue weighted by Crippen LogP contribution is 2.35. The van der Waals surface area contributed by atoms with Crippen LogP contribution in [0.4, 0.5) is 5.82 Å². The number of aryl methyl sites for hydroxylation is 1. The van der Waals surface area contributed by atoms with Gasteiger partial charge >= 0.3 is 0 Å². The number of rotatable bonds is 3. The summed E-state index contributed by atoms with van der Waals surface area (Å²) in [5, 5.41) is 10.6. The summed E-state index contributed by atoms with van der Waals surface area (Å²) in [7, 11) is 0. The number of fused-ring (bicyclic) bond motifs is 1. The van der Waals surface area contributed by atoms with Gasteiger partial charge in [0.05, 0.1) is 17.8 Å². The van der Waals surface area contributed by atoms with Gasteiger partial charge < -0.3 is 14.5 Å². The van der Waals surface area contributed by atoms with Crippen LogP contribution in [-0.2, 0) is 24.2 Å². The Bertz CT molecular complexity index is 1040. The molecule has 162 valence electrons. The van der Waals surface area contributed by atoms with Gasteiger partial charge in [0, 0.05) is 54.4 Å². The van der Waals surface area contributed by atoms with Gasteiger partial charge in [-0.15, -0.1) is 0 Å². The lowest BCUT2D eigenvalue weighted by Crippen LogP contribution is -2.49. The lowest BCUT2D eigenvalue weighted by molar-refractivity contribution is -0.0407. The van der Waals surface area contributed by atoms with Crippen LogP contribution in [0.5, 0.6) is 0 Å². The number of hydrogen-bond donors (Lipinski definition) is 0. The van der Waals surface area contributed by atoms with Crippen LogP contribution in [0.2, 0.25) is 5.02 Å². The highest BCUT2D eigenvalue weighted by atomic mass is 35.5. The molecule has 7 heteroatoms. The molecule has 31 heavy (non-hydrogen) atoms. The predicted octanol–water partition coefficient (Wildman–Crippen LogP) is 3.98. The van der Waals surface area contributed by atoms with Crippen LogP contribution in [0.3, 0.4) is 0 Å². The minimum absolute atomic E-state index is 0.00312. The Hall–Kier alpha value is -2.62. The molecular formula is C24H27ClN4O2. The molecule has 0 radical (unpaired) electrons. The standard InChI is InChI=1S/C24H27ClN4O2/c1-4-21-20-15-31-24(2,3)13-18(20)19(14-26)22(27-21)28-9-11-29(12-10-28)23(30)16-5-7-17(25)8-6-16/h5-8H,4,9-13,15H2,1-3H3.